The fraction of sp³-hybridized carbons (Fsp3) is 0.385. The molecule has 1 atom stereocenters. The average Bonchev–Trinajstić information content (AvgIpc) is 2.81. The molecule has 3 heterocycles. The van der Waals surface area contributed by atoms with Crippen molar-refractivity contribution < 1.29 is 9.47 Å². The van der Waals surface area contributed by atoms with E-state index < -0.39 is 0 Å². The lowest BCUT2D eigenvalue weighted by molar-refractivity contribution is -0.0349. The Hall–Kier alpha value is -2.96. The molecule has 6 heteroatoms. The second-order valence-corrected chi connectivity index (χ2v) is 8.28. The van der Waals surface area contributed by atoms with Crippen LogP contribution in [0.5, 0.6) is 5.75 Å². The van der Waals surface area contributed by atoms with Crippen molar-refractivity contribution in [3.8, 4) is 5.75 Å². The summed E-state index contributed by atoms with van der Waals surface area (Å²) in [5, 5.41) is 0. The van der Waals surface area contributed by atoms with Gasteiger partial charge in [-0.05, 0) is 36.2 Å². The van der Waals surface area contributed by atoms with E-state index in [1.165, 1.54) is 16.7 Å². The van der Waals surface area contributed by atoms with Gasteiger partial charge < -0.3 is 14.4 Å². The summed E-state index contributed by atoms with van der Waals surface area (Å²) in [6, 6.07) is 16.6. The Balaban J connectivity index is 1.41. The summed E-state index contributed by atoms with van der Waals surface area (Å²) in [7, 11) is 4.07. The van der Waals surface area contributed by atoms with E-state index in [-0.39, 0.29) is 6.10 Å². The minimum atomic E-state index is -0.0204. The highest BCUT2D eigenvalue weighted by Crippen LogP contribution is 2.25. The normalized spacial score (nSPS) is 16.7. The molecule has 0 N–H and O–H groups in total. The van der Waals surface area contributed by atoms with Crippen LogP contribution in [-0.4, -0.2) is 55.3 Å². The summed E-state index contributed by atoms with van der Waals surface area (Å²) < 4.78 is 11.8. The minimum absolute atomic E-state index is 0.0204. The quantitative estimate of drug-likeness (QED) is 0.534. The number of ether oxygens (including phenoxy) is 2. The first kappa shape index (κ1) is 22.2. The van der Waals surface area contributed by atoms with Gasteiger partial charge in [0.15, 0.2) is 0 Å². The van der Waals surface area contributed by atoms with Crippen LogP contribution in [0.3, 0.4) is 0 Å². The van der Waals surface area contributed by atoms with Crippen LogP contribution >= 0.6 is 0 Å². The second-order valence-electron chi connectivity index (χ2n) is 8.28. The number of nitrogens with zero attached hydrogens (tertiary/aromatic N) is 4. The van der Waals surface area contributed by atoms with Gasteiger partial charge in [0.1, 0.15) is 17.7 Å². The monoisotopic (exact) mass is 432 g/mol. The average molecular weight is 433 g/mol. The molecule has 4 rings (SSSR count). The molecule has 0 saturated carbocycles. The largest absolute Gasteiger partial charge is 0.494 e. The summed E-state index contributed by atoms with van der Waals surface area (Å²) >= 11 is 0. The molecule has 1 saturated heterocycles. The maximum Gasteiger partial charge on any atom is 0.132 e. The Labute approximate surface area is 190 Å². The molecule has 0 radical (unpaired) electrons. The molecular weight excluding hydrogens is 400 g/mol. The summed E-state index contributed by atoms with van der Waals surface area (Å²) in [6.45, 7) is 5.96. The number of rotatable bonds is 8. The van der Waals surface area contributed by atoms with Gasteiger partial charge in [0, 0.05) is 58.1 Å². The topological polar surface area (TPSA) is 50.7 Å². The van der Waals surface area contributed by atoms with Crippen LogP contribution in [0.1, 0.15) is 35.4 Å². The van der Waals surface area contributed by atoms with Crippen molar-refractivity contribution in [3.63, 3.8) is 0 Å². The Bertz CT molecular complexity index is 1010. The van der Waals surface area contributed by atoms with Gasteiger partial charge in [-0.3, -0.25) is 9.88 Å². The molecule has 0 aliphatic carbocycles. The van der Waals surface area contributed by atoms with Crippen molar-refractivity contribution in [2.24, 2.45) is 0 Å². The third-order valence-corrected chi connectivity index (χ3v) is 5.68. The fourth-order valence-corrected chi connectivity index (χ4v) is 4.12. The number of aromatic nitrogens is 2. The van der Waals surface area contributed by atoms with Crippen LogP contribution in [0.2, 0.25) is 0 Å². The van der Waals surface area contributed by atoms with Gasteiger partial charge in [-0.25, -0.2) is 4.98 Å². The highest BCUT2D eigenvalue weighted by Gasteiger charge is 2.24. The minimum Gasteiger partial charge on any atom is -0.494 e. The van der Waals surface area contributed by atoms with Gasteiger partial charge >= 0.3 is 0 Å². The Morgan fingerprint density at radius 2 is 1.91 bits per heavy atom. The maximum atomic E-state index is 6.07. The summed E-state index contributed by atoms with van der Waals surface area (Å²) in [5.74, 6) is 1.96. The third kappa shape index (κ3) is 5.44. The standard InChI is InChI=1S/C26H32N4O2/c1-4-31-24-10-6-5-8-21(24)16-20-11-12-23(28-17-20)25-19-30(14-15-32-25)18-22-9-7-13-27-26(22)29(2)3/h5-13,17,25H,4,14-16,18-19H2,1-3H3/t25-/m0/s1. The van der Waals surface area contributed by atoms with E-state index in [0.717, 1.165) is 43.3 Å². The predicted octanol–water partition coefficient (Wildman–Crippen LogP) is 4.11. The molecule has 0 unspecified atom stereocenters. The molecule has 1 fully saturated rings. The van der Waals surface area contributed by atoms with E-state index in [2.05, 4.69) is 39.0 Å². The third-order valence-electron chi connectivity index (χ3n) is 5.68. The highest BCUT2D eigenvalue weighted by molar-refractivity contribution is 5.45. The lowest BCUT2D eigenvalue weighted by Crippen LogP contribution is -2.38. The molecule has 2 aromatic heterocycles. The Morgan fingerprint density at radius 3 is 2.69 bits per heavy atom. The number of anilines is 1. The highest BCUT2D eigenvalue weighted by atomic mass is 16.5. The first-order valence-corrected chi connectivity index (χ1v) is 11.2. The molecule has 3 aromatic rings. The van der Waals surface area contributed by atoms with E-state index in [9.17, 15) is 0 Å². The van der Waals surface area contributed by atoms with Crippen LogP contribution < -0.4 is 9.64 Å². The van der Waals surface area contributed by atoms with E-state index >= 15 is 0 Å². The fourth-order valence-electron chi connectivity index (χ4n) is 4.12. The van der Waals surface area contributed by atoms with Gasteiger partial charge in [0.2, 0.25) is 0 Å². The maximum absolute atomic E-state index is 6.07. The predicted molar refractivity (Wildman–Crippen MR) is 127 cm³/mol. The van der Waals surface area contributed by atoms with Crippen molar-refractivity contribution >= 4 is 5.82 Å². The number of hydrogen-bond acceptors (Lipinski definition) is 6. The van der Waals surface area contributed by atoms with Crippen molar-refractivity contribution in [2.75, 3.05) is 45.3 Å². The number of morpholine rings is 1. The number of benzene rings is 1. The van der Waals surface area contributed by atoms with E-state index in [1.54, 1.807) is 0 Å². The lowest BCUT2D eigenvalue weighted by Gasteiger charge is -2.33. The van der Waals surface area contributed by atoms with E-state index in [1.807, 2.05) is 57.7 Å². The summed E-state index contributed by atoms with van der Waals surface area (Å²) in [5.41, 5.74) is 4.56. The summed E-state index contributed by atoms with van der Waals surface area (Å²) in [4.78, 5) is 13.8. The number of pyridine rings is 2. The van der Waals surface area contributed by atoms with Crippen molar-refractivity contribution in [3.05, 3.63) is 83.3 Å². The lowest BCUT2D eigenvalue weighted by atomic mass is 10.0. The van der Waals surface area contributed by atoms with Crippen molar-refractivity contribution in [2.45, 2.75) is 26.0 Å². The molecule has 0 spiro atoms. The zero-order valence-electron chi connectivity index (χ0n) is 19.2. The Morgan fingerprint density at radius 1 is 1.06 bits per heavy atom. The Kier molecular flexibility index (Phi) is 7.35. The van der Waals surface area contributed by atoms with Crippen LogP contribution in [-0.2, 0) is 17.7 Å². The first-order chi connectivity index (χ1) is 15.6. The summed E-state index contributed by atoms with van der Waals surface area (Å²) in [6.07, 6.45) is 4.59. The molecule has 32 heavy (non-hydrogen) atoms. The zero-order valence-corrected chi connectivity index (χ0v) is 19.2. The smallest absolute Gasteiger partial charge is 0.132 e. The van der Waals surface area contributed by atoms with Gasteiger partial charge in [0.05, 0.1) is 18.9 Å². The van der Waals surface area contributed by atoms with E-state index in [0.29, 0.717) is 13.2 Å². The second kappa shape index (κ2) is 10.6. The van der Waals surface area contributed by atoms with Crippen LogP contribution in [0.25, 0.3) is 0 Å². The van der Waals surface area contributed by atoms with Gasteiger partial charge in [-0.15, -0.1) is 0 Å². The van der Waals surface area contributed by atoms with Crippen molar-refractivity contribution in [1.29, 1.82) is 0 Å². The van der Waals surface area contributed by atoms with Crippen molar-refractivity contribution in [1.82, 2.24) is 14.9 Å². The van der Waals surface area contributed by atoms with Gasteiger partial charge in [-0.2, -0.15) is 0 Å². The van der Waals surface area contributed by atoms with Crippen LogP contribution in [0.15, 0.2) is 60.9 Å². The molecule has 6 nitrogen and oxygen atoms in total. The number of hydrogen-bond donors (Lipinski definition) is 0. The molecule has 168 valence electrons. The SMILES string of the molecule is CCOc1ccccc1Cc1ccc([C@@H]2CN(Cc3cccnc3N(C)C)CCO2)nc1. The van der Waals surface area contributed by atoms with E-state index in [4.69, 9.17) is 14.5 Å². The van der Waals surface area contributed by atoms with Crippen LogP contribution in [0.4, 0.5) is 5.82 Å². The number of para-hydroxylation sites is 1. The zero-order chi connectivity index (χ0) is 22.3. The molecule has 0 amide bonds. The molecule has 1 aliphatic rings. The van der Waals surface area contributed by atoms with Crippen LogP contribution in [0, 0.1) is 0 Å². The molecule has 1 aromatic carbocycles. The van der Waals surface area contributed by atoms with Gasteiger partial charge in [-0.1, -0.05) is 30.3 Å². The van der Waals surface area contributed by atoms with Gasteiger partial charge in [0.25, 0.3) is 0 Å². The molecular formula is C26H32N4O2. The molecule has 1 aliphatic heterocycles. The molecule has 0 bridgehead atoms. The first-order valence-electron chi connectivity index (χ1n) is 11.2.